The highest BCUT2D eigenvalue weighted by atomic mass is 16.1. The van der Waals surface area contributed by atoms with Crippen LogP contribution in [-0.2, 0) is 0 Å². The summed E-state index contributed by atoms with van der Waals surface area (Å²) in [6, 6.07) is 15.6. The minimum atomic E-state index is -0.379. The van der Waals surface area contributed by atoms with Gasteiger partial charge in [-0.05, 0) is 38.7 Å². The number of fused-ring (bicyclic) bond motifs is 2. The average molecular weight is 322 g/mol. The van der Waals surface area contributed by atoms with Crippen LogP contribution >= 0.6 is 0 Å². The molecule has 0 radical (unpaired) electrons. The van der Waals surface area contributed by atoms with E-state index in [1.165, 1.54) is 0 Å². The zero-order valence-corrected chi connectivity index (χ0v) is 14.0. The van der Waals surface area contributed by atoms with Gasteiger partial charge in [-0.3, -0.25) is 4.79 Å². The Hall–Kier alpha value is -2.50. The Bertz CT molecular complexity index is 876. The zero-order valence-electron chi connectivity index (χ0n) is 14.0. The van der Waals surface area contributed by atoms with Crippen LogP contribution in [0, 0.1) is 0 Å². The van der Waals surface area contributed by atoms with Gasteiger partial charge >= 0.3 is 0 Å². The van der Waals surface area contributed by atoms with Crippen LogP contribution in [0.4, 0.5) is 0 Å². The van der Waals surface area contributed by atoms with Crippen molar-refractivity contribution in [1.82, 2.24) is 15.2 Å². The van der Waals surface area contributed by atoms with Gasteiger partial charge in [0.25, 0.3) is 5.91 Å². The first-order valence-electron chi connectivity index (χ1n) is 8.04. The van der Waals surface area contributed by atoms with Gasteiger partial charge in [0.05, 0.1) is 22.8 Å². The van der Waals surface area contributed by atoms with E-state index < -0.39 is 0 Å². The van der Waals surface area contributed by atoms with E-state index in [9.17, 15) is 4.79 Å². The Kier molecular flexibility index (Phi) is 4.74. The van der Waals surface area contributed by atoms with Gasteiger partial charge < -0.3 is 16.0 Å². The quantitative estimate of drug-likeness (QED) is 0.559. The fourth-order valence-corrected chi connectivity index (χ4v) is 2.70. The summed E-state index contributed by atoms with van der Waals surface area (Å²) in [5, 5.41) is 4.87. The molecule has 0 spiro atoms. The molecule has 0 aliphatic rings. The number of pyridine rings is 1. The van der Waals surface area contributed by atoms with Crippen LogP contribution < -0.4 is 11.1 Å². The zero-order chi connectivity index (χ0) is 17.1. The normalized spacial score (nSPS) is 12.7. The average Bonchev–Trinajstić information content (AvgIpc) is 2.57. The molecule has 1 heterocycles. The van der Waals surface area contributed by atoms with Crippen molar-refractivity contribution >= 4 is 27.7 Å². The van der Waals surface area contributed by atoms with Crippen molar-refractivity contribution in [2.75, 3.05) is 20.6 Å². The van der Waals surface area contributed by atoms with E-state index in [-0.39, 0.29) is 12.1 Å². The van der Waals surface area contributed by atoms with E-state index in [4.69, 9.17) is 5.73 Å². The van der Waals surface area contributed by atoms with Crippen LogP contribution in [0.25, 0.3) is 21.8 Å². The predicted octanol–water partition coefficient (Wildman–Crippen LogP) is 2.35. The minimum absolute atomic E-state index is 0.186. The number of amides is 1. The molecule has 3 aromatic rings. The van der Waals surface area contributed by atoms with Gasteiger partial charge in [-0.1, -0.05) is 30.3 Å². The van der Waals surface area contributed by atoms with Crippen molar-refractivity contribution in [3.05, 3.63) is 54.1 Å². The molecule has 124 valence electrons. The number of carbonyl (C=O) groups is 1. The molecule has 24 heavy (non-hydrogen) atoms. The van der Waals surface area contributed by atoms with Crippen molar-refractivity contribution in [2.45, 2.75) is 12.6 Å². The molecule has 0 fully saturated rings. The van der Waals surface area contributed by atoms with Gasteiger partial charge in [0.15, 0.2) is 0 Å². The molecule has 0 bridgehead atoms. The minimum Gasteiger partial charge on any atom is -0.337 e. The smallest absolute Gasteiger partial charge is 0.254 e. The molecule has 1 unspecified atom stereocenters. The van der Waals surface area contributed by atoms with Crippen LogP contribution in [0.3, 0.4) is 0 Å². The van der Waals surface area contributed by atoms with Crippen molar-refractivity contribution in [3.8, 4) is 0 Å². The van der Waals surface area contributed by atoms with Crippen molar-refractivity contribution < 1.29 is 4.79 Å². The highest BCUT2D eigenvalue weighted by Crippen LogP contribution is 2.22. The molecule has 0 aliphatic carbocycles. The Morgan fingerprint density at radius 3 is 2.71 bits per heavy atom. The molecular formula is C19H22N4O. The topological polar surface area (TPSA) is 71.2 Å². The van der Waals surface area contributed by atoms with Gasteiger partial charge in [0.2, 0.25) is 0 Å². The number of rotatable bonds is 5. The van der Waals surface area contributed by atoms with E-state index in [1.54, 1.807) is 6.07 Å². The fourth-order valence-electron chi connectivity index (χ4n) is 2.70. The first-order valence-corrected chi connectivity index (χ1v) is 8.04. The van der Waals surface area contributed by atoms with Crippen LogP contribution in [0.15, 0.2) is 48.5 Å². The number of aromatic nitrogens is 1. The fraction of sp³-hybridized carbons (Fsp3) is 0.263. The summed E-state index contributed by atoms with van der Waals surface area (Å²) in [6.45, 7) is 0.819. The third-order valence-corrected chi connectivity index (χ3v) is 4.00. The summed E-state index contributed by atoms with van der Waals surface area (Å²) >= 11 is 0. The van der Waals surface area contributed by atoms with E-state index >= 15 is 0 Å². The highest BCUT2D eigenvalue weighted by molar-refractivity contribution is 6.07. The molecule has 0 aliphatic heterocycles. The van der Waals surface area contributed by atoms with Crippen LogP contribution in [-0.4, -0.2) is 42.6 Å². The Morgan fingerprint density at radius 1 is 1.17 bits per heavy atom. The maximum Gasteiger partial charge on any atom is 0.254 e. The lowest BCUT2D eigenvalue weighted by Crippen LogP contribution is -2.43. The number of nitrogens with one attached hydrogen (secondary N) is 1. The van der Waals surface area contributed by atoms with E-state index in [2.05, 4.69) is 16.4 Å². The molecule has 1 atom stereocenters. The van der Waals surface area contributed by atoms with Crippen molar-refractivity contribution in [3.63, 3.8) is 0 Å². The lowest BCUT2D eigenvalue weighted by atomic mass is 10.1. The summed E-state index contributed by atoms with van der Waals surface area (Å²) in [5.74, 6) is -0.186. The van der Waals surface area contributed by atoms with E-state index in [0.29, 0.717) is 17.5 Å². The summed E-state index contributed by atoms with van der Waals surface area (Å²) in [4.78, 5) is 19.3. The Balaban J connectivity index is 1.91. The van der Waals surface area contributed by atoms with Crippen LogP contribution in [0.2, 0.25) is 0 Å². The van der Waals surface area contributed by atoms with E-state index in [0.717, 1.165) is 22.8 Å². The van der Waals surface area contributed by atoms with Gasteiger partial charge in [-0.25, -0.2) is 4.98 Å². The molecule has 3 rings (SSSR count). The summed E-state index contributed by atoms with van der Waals surface area (Å²) < 4.78 is 0. The maximum absolute atomic E-state index is 12.6. The number of hydrogen-bond donors (Lipinski definition) is 2. The molecule has 0 saturated carbocycles. The van der Waals surface area contributed by atoms with Crippen molar-refractivity contribution in [1.29, 1.82) is 0 Å². The lowest BCUT2D eigenvalue weighted by molar-refractivity contribution is 0.0936. The van der Waals surface area contributed by atoms with Gasteiger partial charge in [0, 0.05) is 17.3 Å². The molecular weight excluding hydrogens is 300 g/mol. The number of nitrogens with two attached hydrogens (primary N) is 1. The third kappa shape index (κ3) is 3.53. The van der Waals surface area contributed by atoms with E-state index in [1.807, 2.05) is 55.4 Å². The molecule has 1 aromatic heterocycles. The maximum atomic E-state index is 12.6. The van der Waals surface area contributed by atoms with Gasteiger partial charge in [0.1, 0.15) is 0 Å². The molecule has 5 heteroatoms. The first kappa shape index (κ1) is 16.4. The second kappa shape index (κ2) is 6.95. The molecule has 0 saturated heterocycles. The Labute approximate surface area is 141 Å². The summed E-state index contributed by atoms with van der Waals surface area (Å²) in [6.07, 6.45) is 0.315. The number of carbonyl (C=O) groups excluding carboxylic acids is 1. The van der Waals surface area contributed by atoms with Crippen molar-refractivity contribution in [2.24, 2.45) is 5.73 Å². The molecule has 5 nitrogen and oxygen atoms in total. The van der Waals surface area contributed by atoms with Crippen LogP contribution in [0.5, 0.6) is 0 Å². The number of benzene rings is 2. The molecule has 2 aromatic carbocycles. The monoisotopic (exact) mass is 322 g/mol. The third-order valence-electron chi connectivity index (χ3n) is 4.00. The second-order valence-electron chi connectivity index (χ2n) is 6.23. The first-order chi connectivity index (χ1) is 11.5. The summed E-state index contributed by atoms with van der Waals surface area (Å²) in [7, 11) is 3.96. The highest BCUT2D eigenvalue weighted by Gasteiger charge is 2.14. The van der Waals surface area contributed by atoms with Gasteiger partial charge in [-0.2, -0.15) is 0 Å². The standard InChI is InChI=1S/C19H22N4O/c1-23(2)11-10-17(20)22-19(24)15-8-5-7-14-12-13-6-3-4-9-16(13)21-18(14)15/h3-9,12,17H,10-11,20H2,1-2H3,(H,22,24). The lowest BCUT2D eigenvalue weighted by Gasteiger charge is -2.17. The summed E-state index contributed by atoms with van der Waals surface area (Å²) in [5.41, 5.74) is 8.15. The molecule has 1 amide bonds. The predicted molar refractivity (Wildman–Crippen MR) is 97.9 cm³/mol. The number of para-hydroxylation sites is 2. The number of hydrogen-bond acceptors (Lipinski definition) is 4. The Morgan fingerprint density at radius 2 is 1.92 bits per heavy atom. The number of nitrogens with zero attached hydrogens (tertiary/aromatic N) is 2. The van der Waals surface area contributed by atoms with Crippen LogP contribution in [0.1, 0.15) is 16.8 Å². The second-order valence-corrected chi connectivity index (χ2v) is 6.23. The largest absolute Gasteiger partial charge is 0.337 e. The van der Waals surface area contributed by atoms with Gasteiger partial charge in [-0.15, -0.1) is 0 Å². The molecule has 3 N–H and O–H groups in total. The SMILES string of the molecule is CN(C)CCC(N)NC(=O)c1cccc2cc3ccccc3nc12.